The van der Waals surface area contributed by atoms with E-state index >= 15 is 0 Å². The van der Waals surface area contributed by atoms with Crippen LogP contribution in [0, 0.1) is 11.8 Å². The molecule has 1 aliphatic rings. The van der Waals surface area contributed by atoms with Gasteiger partial charge in [0.2, 0.25) is 5.91 Å². The third-order valence-corrected chi connectivity index (χ3v) is 2.75. The highest BCUT2D eigenvalue weighted by molar-refractivity contribution is 5.77. The van der Waals surface area contributed by atoms with E-state index < -0.39 is 0 Å². The molecule has 16 heavy (non-hydrogen) atoms. The van der Waals surface area contributed by atoms with Crippen molar-refractivity contribution in [2.45, 2.75) is 26.7 Å². The van der Waals surface area contributed by atoms with Gasteiger partial charge in [0.1, 0.15) is 6.61 Å². The van der Waals surface area contributed by atoms with Crippen molar-refractivity contribution in [2.75, 3.05) is 32.8 Å². The van der Waals surface area contributed by atoms with Crippen LogP contribution < -0.4 is 10.6 Å². The van der Waals surface area contributed by atoms with Gasteiger partial charge in [-0.15, -0.1) is 0 Å². The first kappa shape index (κ1) is 13.5. The van der Waals surface area contributed by atoms with Crippen LogP contribution >= 0.6 is 0 Å². The predicted molar refractivity (Wildman–Crippen MR) is 64.3 cm³/mol. The minimum atomic E-state index is 0.00244. The average Bonchev–Trinajstić information content (AvgIpc) is 2.28. The van der Waals surface area contributed by atoms with Gasteiger partial charge in [0.05, 0.1) is 6.61 Å². The summed E-state index contributed by atoms with van der Waals surface area (Å²) in [6.45, 7) is 7.97. The van der Waals surface area contributed by atoms with Gasteiger partial charge < -0.3 is 15.4 Å². The van der Waals surface area contributed by atoms with Crippen molar-refractivity contribution in [1.82, 2.24) is 10.6 Å². The fraction of sp³-hybridized carbons (Fsp3) is 0.917. The van der Waals surface area contributed by atoms with Crippen molar-refractivity contribution in [2.24, 2.45) is 11.8 Å². The standard InChI is InChI=1S/C12H24N2O2/c1-10(2)7-14-12(15)9-16-8-11-3-5-13-6-4-11/h10-11,13H,3-9H2,1-2H3,(H,14,15). The molecule has 1 saturated heterocycles. The summed E-state index contributed by atoms with van der Waals surface area (Å²) in [5.74, 6) is 1.12. The SMILES string of the molecule is CC(C)CNC(=O)COCC1CCNCC1. The van der Waals surface area contributed by atoms with Gasteiger partial charge in [0, 0.05) is 6.54 Å². The third-order valence-electron chi connectivity index (χ3n) is 2.75. The summed E-state index contributed by atoms with van der Waals surface area (Å²) in [6, 6.07) is 0. The molecule has 0 aromatic heterocycles. The van der Waals surface area contributed by atoms with Crippen molar-refractivity contribution in [3.05, 3.63) is 0 Å². The zero-order valence-corrected chi connectivity index (χ0v) is 10.4. The van der Waals surface area contributed by atoms with E-state index in [2.05, 4.69) is 24.5 Å². The van der Waals surface area contributed by atoms with Crippen LogP contribution in [0.3, 0.4) is 0 Å². The Bertz CT molecular complexity index is 201. The van der Waals surface area contributed by atoms with Gasteiger partial charge in [0.25, 0.3) is 0 Å². The minimum Gasteiger partial charge on any atom is -0.371 e. The van der Waals surface area contributed by atoms with Crippen molar-refractivity contribution in [3.8, 4) is 0 Å². The highest BCUT2D eigenvalue weighted by Crippen LogP contribution is 2.11. The van der Waals surface area contributed by atoms with Crippen LogP contribution in [0.15, 0.2) is 0 Å². The van der Waals surface area contributed by atoms with E-state index in [4.69, 9.17) is 4.74 Å². The molecule has 4 heteroatoms. The molecule has 1 aliphatic heterocycles. The number of amides is 1. The fourth-order valence-electron chi connectivity index (χ4n) is 1.74. The van der Waals surface area contributed by atoms with Gasteiger partial charge in [-0.2, -0.15) is 0 Å². The van der Waals surface area contributed by atoms with Gasteiger partial charge in [0.15, 0.2) is 0 Å². The number of carbonyl (C=O) groups is 1. The highest BCUT2D eigenvalue weighted by Gasteiger charge is 2.13. The summed E-state index contributed by atoms with van der Waals surface area (Å²) >= 11 is 0. The minimum absolute atomic E-state index is 0.00244. The van der Waals surface area contributed by atoms with E-state index in [0.29, 0.717) is 11.8 Å². The Hall–Kier alpha value is -0.610. The molecule has 0 aromatic rings. The molecule has 4 nitrogen and oxygen atoms in total. The number of rotatable bonds is 6. The fourth-order valence-corrected chi connectivity index (χ4v) is 1.74. The van der Waals surface area contributed by atoms with Gasteiger partial charge in [-0.05, 0) is 37.8 Å². The molecule has 0 saturated carbocycles. The highest BCUT2D eigenvalue weighted by atomic mass is 16.5. The maximum atomic E-state index is 11.3. The number of carbonyl (C=O) groups excluding carboxylic acids is 1. The normalized spacial score (nSPS) is 17.7. The molecule has 0 radical (unpaired) electrons. The van der Waals surface area contributed by atoms with Crippen LogP contribution in [-0.2, 0) is 9.53 Å². The van der Waals surface area contributed by atoms with E-state index in [0.717, 1.165) is 39.1 Å². The monoisotopic (exact) mass is 228 g/mol. The molecule has 0 atom stereocenters. The molecule has 1 rings (SSSR count). The smallest absolute Gasteiger partial charge is 0.246 e. The summed E-state index contributed by atoms with van der Waals surface area (Å²) in [5.41, 5.74) is 0. The lowest BCUT2D eigenvalue weighted by Crippen LogP contribution is -2.33. The molecule has 0 aromatic carbocycles. The van der Waals surface area contributed by atoms with E-state index in [1.807, 2.05) is 0 Å². The molecule has 1 amide bonds. The van der Waals surface area contributed by atoms with Crippen molar-refractivity contribution >= 4 is 5.91 Å². The third kappa shape index (κ3) is 6.08. The van der Waals surface area contributed by atoms with Crippen LogP contribution in [0.25, 0.3) is 0 Å². The second kappa shape index (κ2) is 7.63. The number of nitrogens with one attached hydrogen (secondary N) is 2. The molecule has 1 heterocycles. The maximum absolute atomic E-state index is 11.3. The summed E-state index contributed by atoms with van der Waals surface area (Å²) < 4.78 is 5.43. The zero-order chi connectivity index (χ0) is 11.8. The summed E-state index contributed by atoms with van der Waals surface area (Å²) in [5, 5.41) is 6.16. The summed E-state index contributed by atoms with van der Waals surface area (Å²) in [7, 11) is 0. The van der Waals surface area contributed by atoms with E-state index in [-0.39, 0.29) is 12.5 Å². The Balaban J connectivity index is 1.99. The van der Waals surface area contributed by atoms with Gasteiger partial charge >= 0.3 is 0 Å². The van der Waals surface area contributed by atoms with Crippen LogP contribution in [0.1, 0.15) is 26.7 Å². The van der Waals surface area contributed by atoms with E-state index in [1.165, 1.54) is 0 Å². The molecule has 0 unspecified atom stereocenters. The van der Waals surface area contributed by atoms with Crippen molar-refractivity contribution in [1.29, 1.82) is 0 Å². The molecule has 0 spiro atoms. The Morgan fingerprint density at radius 3 is 2.75 bits per heavy atom. The van der Waals surface area contributed by atoms with E-state index in [1.54, 1.807) is 0 Å². The predicted octanol–water partition coefficient (Wildman–Crippen LogP) is 0.775. The number of ether oxygens (including phenoxy) is 1. The van der Waals surface area contributed by atoms with Gasteiger partial charge in [-0.1, -0.05) is 13.8 Å². The van der Waals surface area contributed by atoms with Crippen molar-refractivity contribution < 1.29 is 9.53 Å². The Labute approximate surface area is 98.1 Å². The topological polar surface area (TPSA) is 50.4 Å². The van der Waals surface area contributed by atoms with Crippen LogP contribution in [0.5, 0.6) is 0 Å². The van der Waals surface area contributed by atoms with Crippen LogP contribution in [0.4, 0.5) is 0 Å². The van der Waals surface area contributed by atoms with Crippen LogP contribution in [0.2, 0.25) is 0 Å². The first-order chi connectivity index (χ1) is 7.68. The Morgan fingerprint density at radius 2 is 2.12 bits per heavy atom. The van der Waals surface area contributed by atoms with Crippen LogP contribution in [-0.4, -0.2) is 38.8 Å². The molecule has 0 aliphatic carbocycles. The lowest BCUT2D eigenvalue weighted by atomic mass is 9.99. The molecule has 1 fully saturated rings. The lowest BCUT2D eigenvalue weighted by molar-refractivity contribution is -0.126. The second-order valence-corrected chi connectivity index (χ2v) is 4.91. The average molecular weight is 228 g/mol. The molecule has 0 bridgehead atoms. The molecule has 2 N–H and O–H groups in total. The zero-order valence-electron chi connectivity index (χ0n) is 10.4. The summed E-state index contributed by atoms with van der Waals surface area (Å²) in [6.07, 6.45) is 2.32. The van der Waals surface area contributed by atoms with E-state index in [9.17, 15) is 4.79 Å². The molecule has 94 valence electrons. The molecular weight excluding hydrogens is 204 g/mol. The van der Waals surface area contributed by atoms with Crippen molar-refractivity contribution in [3.63, 3.8) is 0 Å². The summed E-state index contributed by atoms with van der Waals surface area (Å²) in [4.78, 5) is 11.3. The lowest BCUT2D eigenvalue weighted by Gasteiger charge is -2.22. The number of piperidine rings is 1. The first-order valence-corrected chi connectivity index (χ1v) is 6.23. The van der Waals surface area contributed by atoms with Gasteiger partial charge in [-0.25, -0.2) is 0 Å². The number of hydrogen-bond acceptors (Lipinski definition) is 3. The largest absolute Gasteiger partial charge is 0.371 e. The quantitative estimate of drug-likeness (QED) is 0.706. The number of hydrogen-bond donors (Lipinski definition) is 2. The Morgan fingerprint density at radius 1 is 1.44 bits per heavy atom. The maximum Gasteiger partial charge on any atom is 0.246 e. The first-order valence-electron chi connectivity index (χ1n) is 6.23. The second-order valence-electron chi connectivity index (χ2n) is 4.91. The Kier molecular flexibility index (Phi) is 6.42. The van der Waals surface area contributed by atoms with Gasteiger partial charge in [-0.3, -0.25) is 4.79 Å². The molecular formula is C12H24N2O2.